The molecule has 11 heteroatoms. The molecule has 7 nitrogen and oxygen atoms in total. The van der Waals surface area contributed by atoms with Crippen LogP contribution in [0.3, 0.4) is 0 Å². The van der Waals surface area contributed by atoms with Crippen molar-refractivity contribution in [3.63, 3.8) is 0 Å². The predicted molar refractivity (Wildman–Crippen MR) is 150 cm³/mol. The molecule has 0 spiro atoms. The summed E-state index contributed by atoms with van der Waals surface area (Å²) in [5.74, 6) is 0.0483. The number of amides is 1. The molecule has 0 atom stereocenters. The molecule has 1 aliphatic heterocycles. The number of para-hydroxylation sites is 1. The standard InChI is InChI=1S/C25H24Br2ClN3O4S/c1-16-6-8-18(9-7-16)36(33,34)31-12-10-30(11-13-31)23-21(28)4-3-5-22(23)29-25(32)19-14-17(26)15-20(27)24(19)35-2/h3-9,14-15H,10-13H2,1-2H3,(H,29,32). The number of sulfonamides is 1. The summed E-state index contributed by atoms with van der Waals surface area (Å²) < 4.78 is 34.5. The molecule has 1 fully saturated rings. The highest BCUT2D eigenvalue weighted by Gasteiger charge is 2.30. The van der Waals surface area contributed by atoms with Gasteiger partial charge in [-0.2, -0.15) is 4.31 Å². The van der Waals surface area contributed by atoms with Crippen molar-refractivity contribution in [1.29, 1.82) is 0 Å². The van der Waals surface area contributed by atoms with Crippen LogP contribution in [-0.4, -0.2) is 51.9 Å². The Morgan fingerprint density at radius 1 is 1.03 bits per heavy atom. The normalized spacial score (nSPS) is 14.5. The molecule has 0 radical (unpaired) electrons. The van der Waals surface area contributed by atoms with Gasteiger partial charge in [0.2, 0.25) is 10.0 Å². The summed E-state index contributed by atoms with van der Waals surface area (Å²) in [6, 6.07) is 15.6. The van der Waals surface area contributed by atoms with E-state index < -0.39 is 10.0 Å². The van der Waals surface area contributed by atoms with E-state index in [2.05, 4.69) is 37.2 Å². The molecule has 1 amide bonds. The second-order valence-corrected chi connectivity index (χ2v) is 12.4. The van der Waals surface area contributed by atoms with Gasteiger partial charge in [0.05, 0.1) is 38.4 Å². The number of nitrogens with one attached hydrogen (secondary N) is 1. The van der Waals surface area contributed by atoms with Gasteiger partial charge in [0.15, 0.2) is 0 Å². The zero-order chi connectivity index (χ0) is 26.0. The van der Waals surface area contributed by atoms with E-state index >= 15 is 0 Å². The second kappa shape index (κ2) is 11.1. The number of nitrogens with zero attached hydrogens (tertiary/aromatic N) is 2. The van der Waals surface area contributed by atoms with E-state index in [0.29, 0.717) is 58.4 Å². The number of rotatable bonds is 6. The smallest absolute Gasteiger partial charge is 0.259 e. The quantitative estimate of drug-likeness (QED) is 0.355. The van der Waals surface area contributed by atoms with Crippen LogP contribution in [0, 0.1) is 6.92 Å². The first-order chi connectivity index (χ1) is 17.1. The molecule has 36 heavy (non-hydrogen) atoms. The molecule has 3 aromatic rings. The van der Waals surface area contributed by atoms with E-state index in [1.54, 1.807) is 54.6 Å². The minimum absolute atomic E-state index is 0.279. The maximum Gasteiger partial charge on any atom is 0.259 e. The molecule has 0 bridgehead atoms. The van der Waals surface area contributed by atoms with Gasteiger partial charge in [-0.3, -0.25) is 4.79 Å². The lowest BCUT2D eigenvalue weighted by molar-refractivity contribution is 0.102. The summed E-state index contributed by atoms with van der Waals surface area (Å²) >= 11 is 13.4. The first kappa shape index (κ1) is 26.9. The predicted octanol–water partition coefficient (Wildman–Crippen LogP) is 5.95. The fourth-order valence-corrected chi connectivity index (χ4v) is 7.18. The third kappa shape index (κ3) is 5.57. The minimum atomic E-state index is -3.59. The van der Waals surface area contributed by atoms with Gasteiger partial charge in [-0.25, -0.2) is 8.42 Å². The molecule has 1 N–H and O–H groups in total. The maximum absolute atomic E-state index is 13.2. The van der Waals surface area contributed by atoms with Crippen molar-refractivity contribution in [2.24, 2.45) is 0 Å². The minimum Gasteiger partial charge on any atom is -0.495 e. The summed E-state index contributed by atoms with van der Waals surface area (Å²) in [7, 11) is -2.09. The Morgan fingerprint density at radius 3 is 2.33 bits per heavy atom. The zero-order valence-corrected chi connectivity index (χ0v) is 24.3. The Kier molecular flexibility index (Phi) is 8.31. The molecular formula is C25H24Br2ClN3O4S. The summed E-state index contributed by atoms with van der Waals surface area (Å²) in [6.07, 6.45) is 0. The van der Waals surface area contributed by atoms with Gasteiger partial charge >= 0.3 is 0 Å². The van der Waals surface area contributed by atoms with Crippen LogP contribution >= 0.6 is 43.5 Å². The maximum atomic E-state index is 13.2. The number of ether oxygens (including phenoxy) is 1. The number of piperazine rings is 1. The third-order valence-electron chi connectivity index (χ3n) is 5.91. The van der Waals surface area contributed by atoms with Crippen LogP contribution in [0.1, 0.15) is 15.9 Å². The van der Waals surface area contributed by atoms with E-state index in [1.807, 2.05) is 11.8 Å². The number of benzene rings is 3. The number of hydrogen-bond acceptors (Lipinski definition) is 5. The topological polar surface area (TPSA) is 79.0 Å². The number of carbonyl (C=O) groups is 1. The zero-order valence-electron chi connectivity index (χ0n) is 19.6. The molecule has 0 unspecified atom stereocenters. The summed E-state index contributed by atoms with van der Waals surface area (Å²) in [6.45, 7) is 3.34. The first-order valence-electron chi connectivity index (χ1n) is 11.1. The molecule has 3 aromatic carbocycles. The van der Waals surface area contributed by atoms with Crippen molar-refractivity contribution in [1.82, 2.24) is 4.31 Å². The van der Waals surface area contributed by atoms with Crippen molar-refractivity contribution in [3.05, 3.63) is 79.7 Å². The van der Waals surface area contributed by atoms with Gasteiger partial charge in [0.1, 0.15) is 5.75 Å². The van der Waals surface area contributed by atoms with E-state index in [-0.39, 0.29) is 10.8 Å². The van der Waals surface area contributed by atoms with E-state index in [4.69, 9.17) is 16.3 Å². The van der Waals surface area contributed by atoms with Crippen LogP contribution in [0.25, 0.3) is 0 Å². The van der Waals surface area contributed by atoms with Crippen LogP contribution < -0.4 is 15.0 Å². The lowest BCUT2D eigenvalue weighted by Gasteiger charge is -2.36. The Balaban J connectivity index is 1.55. The van der Waals surface area contributed by atoms with E-state index in [1.165, 1.54) is 11.4 Å². The van der Waals surface area contributed by atoms with Gasteiger partial charge in [0.25, 0.3) is 5.91 Å². The lowest BCUT2D eigenvalue weighted by Crippen LogP contribution is -2.49. The lowest BCUT2D eigenvalue weighted by atomic mass is 10.1. The number of aryl methyl sites for hydroxylation is 1. The first-order valence-corrected chi connectivity index (χ1v) is 14.5. The molecular weight excluding hydrogens is 634 g/mol. The van der Waals surface area contributed by atoms with Crippen LogP contribution in [0.5, 0.6) is 5.75 Å². The molecule has 1 saturated heterocycles. The molecule has 1 heterocycles. The van der Waals surface area contributed by atoms with E-state index in [9.17, 15) is 13.2 Å². The average Bonchev–Trinajstić information content (AvgIpc) is 2.84. The van der Waals surface area contributed by atoms with Gasteiger partial charge in [-0.1, -0.05) is 51.3 Å². The highest BCUT2D eigenvalue weighted by molar-refractivity contribution is 9.11. The second-order valence-electron chi connectivity index (χ2n) is 8.26. The summed E-state index contributed by atoms with van der Waals surface area (Å²) in [5, 5.41) is 3.41. The largest absolute Gasteiger partial charge is 0.495 e. The number of hydrogen-bond donors (Lipinski definition) is 1. The number of halogens is 3. The Morgan fingerprint density at radius 2 is 1.69 bits per heavy atom. The Hall–Kier alpha value is -2.11. The third-order valence-corrected chi connectivity index (χ3v) is 9.17. The van der Waals surface area contributed by atoms with E-state index in [0.717, 1.165) is 10.0 Å². The Labute approximate surface area is 232 Å². The molecule has 190 valence electrons. The Bertz CT molecular complexity index is 1390. The van der Waals surface area contributed by atoms with Crippen molar-refractivity contribution in [3.8, 4) is 5.75 Å². The van der Waals surface area contributed by atoms with Gasteiger partial charge < -0.3 is 15.0 Å². The molecule has 4 rings (SSSR count). The molecule has 0 saturated carbocycles. The van der Waals surface area contributed by atoms with Gasteiger partial charge in [0, 0.05) is 30.7 Å². The van der Waals surface area contributed by atoms with Crippen LogP contribution in [-0.2, 0) is 10.0 Å². The van der Waals surface area contributed by atoms with Gasteiger partial charge in [-0.15, -0.1) is 0 Å². The van der Waals surface area contributed by atoms with Crippen molar-refractivity contribution in [2.75, 3.05) is 43.5 Å². The van der Waals surface area contributed by atoms with Crippen LogP contribution in [0.4, 0.5) is 11.4 Å². The fraction of sp³-hybridized carbons (Fsp3) is 0.240. The SMILES string of the molecule is COc1c(Br)cc(Br)cc1C(=O)Nc1cccc(Cl)c1N1CCN(S(=O)(=O)c2ccc(C)cc2)CC1. The molecule has 0 aliphatic carbocycles. The average molecular weight is 658 g/mol. The van der Waals surface area contributed by atoms with Crippen molar-refractivity contribution >= 4 is 70.8 Å². The molecule has 0 aromatic heterocycles. The highest BCUT2D eigenvalue weighted by atomic mass is 79.9. The van der Waals surface area contributed by atoms with Crippen LogP contribution in [0.15, 0.2) is 68.4 Å². The number of carbonyl (C=O) groups excluding carboxylic acids is 1. The molecule has 1 aliphatic rings. The number of anilines is 2. The summed E-state index contributed by atoms with van der Waals surface area (Å²) in [4.78, 5) is 15.5. The van der Waals surface area contributed by atoms with Gasteiger partial charge in [-0.05, 0) is 59.3 Å². The van der Waals surface area contributed by atoms with Crippen molar-refractivity contribution < 1.29 is 17.9 Å². The summed E-state index contributed by atoms with van der Waals surface area (Å²) in [5.41, 5.74) is 2.52. The monoisotopic (exact) mass is 655 g/mol. The number of methoxy groups -OCH3 is 1. The fourth-order valence-electron chi connectivity index (χ4n) is 4.08. The van der Waals surface area contributed by atoms with Crippen molar-refractivity contribution in [2.45, 2.75) is 11.8 Å². The highest BCUT2D eigenvalue weighted by Crippen LogP contribution is 2.37. The van der Waals surface area contributed by atoms with Crippen LogP contribution in [0.2, 0.25) is 5.02 Å².